The van der Waals surface area contributed by atoms with Gasteiger partial charge in [0.25, 0.3) is 0 Å². The van der Waals surface area contributed by atoms with Crippen LogP contribution in [-0.2, 0) is 0 Å². The minimum atomic E-state index is -4.15. The van der Waals surface area contributed by atoms with Gasteiger partial charge in [-0.3, -0.25) is 0 Å². The van der Waals surface area contributed by atoms with E-state index in [0.717, 1.165) is 0 Å². The molecule has 8 aliphatic rings. The number of hydrogen-bond donors (Lipinski definition) is 0. The Kier molecular flexibility index (Phi) is 6.59. The third-order valence-electron chi connectivity index (χ3n) is 10.3. The maximum Gasteiger partial charge on any atom is 0.852 e. The third kappa shape index (κ3) is 5.00. The SMILES string of the molecule is CC1(F)C=CC2=C(C=C1)C1=Nc3c4c(c5[n]3[Al]([F])[n]3c(c6c(c3=NC3=NC(=N5)C5=C3C=CC(C)(F)C=C5)C=CC(C)(F)C=C6)=NC2=N1)C=CC(C)(F)C=C4. The lowest BCUT2D eigenvalue weighted by Crippen LogP contribution is -2.44. The first-order valence-electron chi connectivity index (χ1n) is 17.4. The van der Waals surface area contributed by atoms with Gasteiger partial charge in [-0.2, -0.15) is 0 Å². The second-order valence-electron chi connectivity index (χ2n) is 14.9. The second kappa shape index (κ2) is 10.8. The first kappa shape index (κ1) is 33.0. The van der Waals surface area contributed by atoms with Crippen molar-refractivity contribution in [3.8, 4) is 0 Å². The van der Waals surface area contributed by atoms with E-state index in [4.69, 9.17) is 30.0 Å². The second-order valence-corrected chi connectivity index (χ2v) is 16.5. The summed E-state index contributed by atoms with van der Waals surface area (Å²) in [5.41, 5.74) is -3.92. The average molecular weight is 743 g/mol. The molecule has 6 heterocycles. The van der Waals surface area contributed by atoms with Gasteiger partial charge in [-0.15, -0.1) is 0 Å². The quantitative estimate of drug-likeness (QED) is 0.197. The molecule has 0 fully saturated rings. The number of hydrogen-bond acceptors (Lipinski definition) is 6. The summed E-state index contributed by atoms with van der Waals surface area (Å²) < 4.78 is 83.3. The van der Waals surface area contributed by atoms with Crippen LogP contribution < -0.4 is 11.0 Å². The third-order valence-corrected chi connectivity index (χ3v) is 12.1. The van der Waals surface area contributed by atoms with E-state index in [9.17, 15) is 0 Å². The number of aliphatic imine (C=N–C) groups is 4. The Morgan fingerprint density at radius 2 is 0.704 bits per heavy atom. The van der Waals surface area contributed by atoms with Crippen LogP contribution in [0.25, 0.3) is 24.3 Å². The molecule has 54 heavy (non-hydrogen) atoms. The van der Waals surface area contributed by atoms with Crippen LogP contribution in [0.15, 0.2) is 125 Å². The number of alkyl halides is 4. The number of nitrogens with zero attached hydrogens (tertiary/aromatic N) is 8. The summed E-state index contributed by atoms with van der Waals surface area (Å²) in [5.74, 6) is 0.716. The highest BCUT2D eigenvalue weighted by molar-refractivity contribution is 6.49. The van der Waals surface area contributed by atoms with Gasteiger partial charge in [0.1, 0.15) is 45.3 Å². The summed E-state index contributed by atoms with van der Waals surface area (Å²) >= 11 is -4.15. The summed E-state index contributed by atoms with van der Waals surface area (Å²) in [7, 11) is 0. The lowest BCUT2D eigenvalue weighted by Gasteiger charge is -2.15. The van der Waals surface area contributed by atoms with Crippen molar-refractivity contribution in [1.82, 2.24) is 7.10 Å². The minimum absolute atomic E-state index is 0.0910. The van der Waals surface area contributed by atoms with Crippen LogP contribution >= 0.6 is 0 Å². The Labute approximate surface area is 310 Å². The van der Waals surface area contributed by atoms with Gasteiger partial charge in [-0.25, -0.2) is 47.5 Å². The van der Waals surface area contributed by atoms with Gasteiger partial charge in [0.15, 0.2) is 23.3 Å². The summed E-state index contributed by atoms with van der Waals surface area (Å²) in [4.78, 5) is 29.5. The molecular weight excluding hydrogens is 714 g/mol. The average Bonchev–Trinajstić information content (AvgIpc) is 3.61. The zero-order valence-electron chi connectivity index (χ0n) is 29.3. The van der Waals surface area contributed by atoms with E-state index in [1.165, 1.54) is 83.4 Å². The van der Waals surface area contributed by atoms with E-state index in [1.54, 1.807) is 48.6 Å². The zero-order chi connectivity index (χ0) is 37.5. The zero-order valence-corrected chi connectivity index (χ0v) is 30.4. The van der Waals surface area contributed by atoms with E-state index in [-0.39, 0.29) is 46.0 Å². The molecule has 0 radical (unpaired) electrons. The topological polar surface area (TPSA) is 84.0 Å². The lowest BCUT2D eigenvalue weighted by atomic mass is 10.1. The highest BCUT2D eigenvalue weighted by Crippen LogP contribution is 2.44. The number of amidine groups is 4. The lowest BCUT2D eigenvalue weighted by molar-refractivity contribution is 0.328. The van der Waals surface area contributed by atoms with E-state index in [2.05, 4.69) is 0 Å². The van der Waals surface area contributed by atoms with E-state index in [0.29, 0.717) is 44.5 Å². The van der Waals surface area contributed by atoms with Gasteiger partial charge in [0.2, 0.25) is 0 Å². The van der Waals surface area contributed by atoms with E-state index in [1.807, 2.05) is 0 Å². The largest absolute Gasteiger partial charge is 0.852 e. The fourth-order valence-electron chi connectivity index (χ4n) is 7.35. The predicted octanol–water partition coefficient (Wildman–Crippen LogP) is 7.63. The standard InChI is InChI=1S/C40H28F4N8.Al.FH/c1-37(41)13-5-21-22(6-14-37)30-45-29(21)49-31-23-7-15-38(2,42)17-9-25(23)33(46-31)51-35-27-11-19-40(4,44)20-12-28(27)36(48-35)52-34-26-10-18-39(3,43)16-8-24(26)32(47-34)50-30;;/h5-20H,1-4H3;;1H/q-2;+3;/p-1. The molecule has 2 aromatic rings. The molecule has 0 N–H and O–H groups in total. The molecular formula is C40H28AlF5N8. The van der Waals surface area contributed by atoms with Crippen LogP contribution in [0.1, 0.15) is 49.9 Å². The van der Waals surface area contributed by atoms with E-state index >= 15 is 21.1 Å². The molecule has 6 bridgehead atoms. The van der Waals surface area contributed by atoms with Crippen LogP contribution in [-0.4, -0.2) is 68.2 Å². The first-order valence-corrected chi connectivity index (χ1v) is 18.8. The van der Waals surface area contributed by atoms with Crippen LogP contribution in [0.2, 0.25) is 0 Å². The molecule has 4 aliphatic carbocycles. The molecule has 2 atom stereocenters. The van der Waals surface area contributed by atoms with Crippen LogP contribution in [0, 0.1) is 0 Å². The molecule has 2 aromatic heterocycles. The highest BCUT2D eigenvalue weighted by Gasteiger charge is 2.44. The fraction of sp³-hybridized carbons (Fsp3) is 0.200. The number of halogens is 5. The van der Waals surface area contributed by atoms with Gasteiger partial charge in [-0.05, 0) is 76.3 Å². The molecule has 0 saturated heterocycles. The monoisotopic (exact) mass is 742 g/mol. The number of allylic oxidation sites excluding steroid dienone is 8. The van der Waals surface area contributed by atoms with Crippen molar-refractivity contribution in [2.75, 3.05) is 0 Å². The molecule has 2 unspecified atom stereocenters. The Balaban J connectivity index is 1.41. The Bertz CT molecular complexity index is 2600. The van der Waals surface area contributed by atoms with Crippen molar-refractivity contribution < 1.29 is 21.1 Å². The molecule has 10 rings (SSSR count). The van der Waals surface area contributed by atoms with Crippen LogP contribution in [0.3, 0.4) is 0 Å². The van der Waals surface area contributed by atoms with Gasteiger partial charge in [0.05, 0.1) is 0 Å². The highest BCUT2D eigenvalue weighted by atomic mass is 27.3. The Hall–Kier alpha value is -5.58. The van der Waals surface area contributed by atoms with Crippen molar-refractivity contribution in [3.63, 3.8) is 0 Å². The van der Waals surface area contributed by atoms with Gasteiger partial charge >= 0.3 is 15.0 Å². The number of rotatable bonds is 0. The molecule has 0 amide bonds. The molecule has 0 spiro atoms. The van der Waals surface area contributed by atoms with Gasteiger partial charge < -0.3 is 10.6 Å². The molecule has 0 saturated carbocycles. The summed E-state index contributed by atoms with van der Waals surface area (Å²) in [6, 6.07) is 0. The van der Waals surface area contributed by atoms with Crippen molar-refractivity contribution in [1.29, 1.82) is 0 Å². The van der Waals surface area contributed by atoms with Crippen molar-refractivity contribution in [2.45, 2.75) is 50.4 Å². The fourth-order valence-corrected chi connectivity index (χ4v) is 9.17. The minimum Gasteiger partial charge on any atom is -0.363 e. The molecule has 4 aliphatic heterocycles. The molecule has 266 valence electrons. The number of aromatic nitrogens is 2. The predicted molar refractivity (Wildman–Crippen MR) is 203 cm³/mol. The molecule has 8 nitrogen and oxygen atoms in total. The van der Waals surface area contributed by atoms with Crippen LogP contribution in [0.4, 0.5) is 32.7 Å². The maximum absolute atomic E-state index is 18.4. The van der Waals surface area contributed by atoms with Crippen molar-refractivity contribution in [3.05, 3.63) is 128 Å². The van der Waals surface area contributed by atoms with Gasteiger partial charge in [0, 0.05) is 44.5 Å². The number of fused-ring (bicyclic) bond motifs is 12. The Morgan fingerprint density at radius 1 is 0.407 bits per heavy atom. The summed E-state index contributed by atoms with van der Waals surface area (Å²) in [6.07, 6.45) is 23.4. The van der Waals surface area contributed by atoms with Crippen LogP contribution in [0.5, 0.6) is 0 Å². The van der Waals surface area contributed by atoms with Gasteiger partial charge in [-0.1, -0.05) is 48.6 Å². The molecule has 0 aromatic carbocycles. The summed E-state index contributed by atoms with van der Waals surface area (Å²) in [5, 5.41) is 0. The Morgan fingerprint density at radius 3 is 1.06 bits per heavy atom. The van der Waals surface area contributed by atoms with Crippen molar-refractivity contribution in [2.24, 2.45) is 30.0 Å². The smallest absolute Gasteiger partial charge is 0.363 e. The summed E-state index contributed by atoms with van der Waals surface area (Å²) in [6.45, 7) is 5.59. The maximum atomic E-state index is 18.4. The van der Waals surface area contributed by atoms with Crippen molar-refractivity contribution >= 4 is 74.3 Å². The molecule has 14 heteroatoms. The first-order chi connectivity index (χ1) is 25.6. The van der Waals surface area contributed by atoms with E-state index < -0.39 is 37.7 Å². The normalized spacial score (nSPS) is 30.6.